The molecule has 2 rings (SSSR count). The van der Waals surface area contributed by atoms with E-state index in [1.165, 1.54) is 23.5 Å². The molecule has 1 saturated carbocycles. The van der Waals surface area contributed by atoms with Crippen LogP contribution in [0.5, 0.6) is 5.75 Å². The fourth-order valence-electron chi connectivity index (χ4n) is 3.72. The third-order valence-corrected chi connectivity index (χ3v) is 5.16. The van der Waals surface area contributed by atoms with Gasteiger partial charge in [0.15, 0.2) is 0 Å². The van der Waals surface area contributed by atoms with Crippen molar-refractivity contribution in [2.45, 2.75) is 77.5 Å². The Balaban J connectivity index is 2.16. The molecule has 0 radical (unpaired) electrons. The summed E-state index contributed by atoms with van der Waals surface area (Å²) in [6.45, 7) is 6.99. The van der Waals surface area contributed by atoms with Crippen molar-refractivity contribution in [2.24, 2.45) is 0 Å². The number of aromatic hydroxyl groups is 1. The predicted molar refractivity (Wildman–Crippen MR) is 117 cm³/mol. The van der Waals surface area contributed by atoms with Crippen LogP contribution in [0.2, 0.25) is 0 Å². The largest absolute Gasteiger partial charge is 0.508 e. The molecule has 1 aliphatic rings. The minimum atomic E-state index is -0.861. The minimum Gasteiger partial charge on any atom is -0.508 e. The smallest absolute Gasteiger partial charge is 0.408 e. The van der Waals surface area contributed by atoms with Gasteiger partial charge in [-0.25, -0.2) is 4.79 Å². The van der Waals surface area contributed by atoms with E-state index in [0.29, 0.717) is 5.56 Å². The number of carbonyl (C=O) groups is 3. The van der Waals surface area contributed by atoms with E-state index in [-0.39, 0.29) is 30.8 Å². The SMILES string of the molecule is CCN(C(=O)CNC(=O)OC(C)(C)C)C(C(=O)NC1CCCCC1)c1ccc(O)cc1. The van der Waals surface area contributed by atoms with Gasteiger partial charge in [0.1, 0.15) is 23.9 Å². The Hall–Kier alpha value is -2.77. The number of amides is 3. The number of ether oxygens (including phenoxy) is 1. The van der Waals surface area contributed by atoms with Gasteiger partial charge in [-0.3, -0.25) is 9.59 Å². The van der Waals surface area contributed by atoms with Crippen molar-refractivity contribution in [1.82, 2.24) is 15.5 Å². The maximum absolute atomic E-state index is 13.2. The number of likely N-dealkylation sites (N-methyl/N-ethyl adjacent to an activating group) is 1. The van der Waals surface area contributed by atoms with Gasteiger partial charge in [0.25, 0.3) is 0 Å². The number of hydrogen-bond donors (Lipinski definition) is 3. The molecule has 172 valence electrons. The van der Waals surface area contributed by atoms with E-state index < -0.39 is 23.6 Å². The Kier molecular flexibility index (Phi) is 8.71. The molecule has 1 unspecified atom stereocenters. The minimum absolute atomic E-state index is 0.0798. The van der Waals surface area contributed by atoms with E-state index >= 15 is 0 Å². The number of rotatable bonds is 7. The summed E-state index contributed by atoms with van der Waals surface area (Å²) in [7, 11) is 0. The molecule has 8 nitrogen and oxygen atoms in total. The lowest BCUT2D eigenvalue weighted by atomic mass is 9.94. The molecular weight excluding hydrogens is 398 g/mol. The summed E-state index contributed by atoms with van der Waals surface area (Å²) in [5, 5.41) is 15.2. The number of carbonyl (C=O) groups excluding carboxylic acids is 3. The van der Waals surface area contributed by atoms with Crippen LogP contribution in [-0.2, 0) is 14.3 Å². The second-order valence-corrected chi connectivity index (χ2v) is 8.87. The summed E-state index contributed by atoms with van der Waals surface area (Å²) >= 11 is 0. The summed E-state index contributed by atoms with van der Waals surface area (Å²) in [5.41, 5.74) is -0.0787. The van der Waals surface area contributed by atoms with Crippen LogP contribution in [0.15, 0.2) is 24.3 Å². The van der Waals surface area contributed by atoms with Crippen molar-refractivity contribution in [3.05, 3.63) is 29.8 Å². The van der Waals surface area contributed by atoms with Crippen molar-refractivity contribution < 1.29 is 24.2 Å². The monoisotopic (exact) mass is 433 g/mol. The predicted octanol–water partition coefficient (Wildman–Crippen LogP) is 3.26. The van der Waals surface area contributed by atoms with Crippen LogP contribution < -0.4 is 10.6 Å². The Morgan fingerprint density at radius 3 is 2.29 bits per heavy atom. The first-order chi connectivity index (χ1) is 14.6. The van der Waals surface area contributed by atoms with Crippen LogP contribution >= 0.6 is 0 Å². The van der Waals surface area contributed by atoms with Gasteiger partial charge >= 0.3 is 6.09 Å². The van der Waals surface area contributed by atoms with Crippen LogP contribution in [0.1, 0.15) is 71.4 Å². The van der Waals surface area contributed by atoms with Gasteiger partial charge in [0, 0.05) is 12.6 Å². The third kappa shape index (κ3) is 7.77. The fraction of sp³-hybridized carbons (Fsp3) is 0.609. The molecule has 0 aromatic heterocycles. The van der Waals surface area contributed by atoms with Gasteiger partial charge in [0.2, 0.25) is 11.8 Å². The summed E-state index contributed by atoms with van der Waals surface area (Å²) in [6.07, 6.45) is 4.48. The number of benzene rings is 1. The molecule has 0 saturated heterocycles. The van der Waals surface area contributed by atoms with E-state index in [1.807, 2.05) is 0 Å². The highest BCUT2D eigenvalue weighted by atomic mass is 16.6. The molecule has 1 aliphatic carbocycles. The van der Waals surface area contributed by atoms with E-state index in [0.717, 1.165) is 25.7 Å². The fourth-order valence-corrected chi connectivity index (χ4v) is 3.72. The van der Waals surface area contributed by atoms with Crippen LogP contribution in [0, 0.1) is 0 Å². The third-order valence-electron chi connectivity index (χ3n) is 5.16. The Morgan fingerprint density at radius 2 is 1.74 bits per heavy atom. The van der Waals surface area contributed by atoms with Gasteiger partial charge in [0.05, 0.1) is 0 Å². The summed E-state index contributed by atoms with van der Waals surface area (Å²) in [5.74, 6) is -0.577. The van der Waals surface area contributed by atoms with Gasteiger partial charge in [-0.05, 0) is 58.2 Å². The topological polar surface area (TPSA) is 108 Å². The van der Waals surface area contributed by atoms with Gasteiger partial charge < -0.3 is 25.4 Å². The average Bonchev–Trinajstić information content (AvgIpc) is 2.70. The second kappa shape index (κ2) is 11.0. The van der Waals surface area contributed by atoms with Gasteiger partial charge in [-0.15, -0.1) is 0 Å². The number of nitrogens with one attached hydrogen (secondary N) is 2. The lowest BCUT2D eigenvalue weighted by Crippen LogP contribution is -2.49. The zero-order valence-corrected chi connectivity index (χ0v) is 18.9. The Labute approximate surface area is 184 Å². The van der Waals surface area contributed by atoms with Crippen LogP contribution in [0.3, 0.4) is 0 Å². The highest BCUT2D eigenvalue weighted by molar-refractivity contribution is 5.90. The van der Waals surface area contributed by atoms with E-state index in [1.54, 1.807) is 39.8 Å². The number of alkyl carbamates (subject to hydrolysis) is 1. The molecule has 0 heterocycles. The lowest BCUT2D eigenvalue weighted by molar-refractivity contribution is -0.140. The highest BCUT2D eigenvalue weighted by Crippen LogP contribution is 2.25. The molecule has 0 bridgehead atoms. The molecule has 0 spiro atoms. The maximum Gasteiger partial charge on any atom is 0.408 e. The van der Waals surface area contributed by atoms with Crippen LogP contribution in [0.4, 0.5) is 4.79 Å². The first kappa shape index (κ1) is 24.5. The van der Waals surface area contributed by atoms with Crippen LogP contribution in [-0.4, -0.2) is 52.6 Å². The molecule has 1 aromatic carbocycles. The summed E-state index contributed by atoms with van der Waals surface area (Å²) < 4.78 is 5.18. The zero-order valence-electron chi connectivity index (χ0n) is 18.9. The van der Waals surface area contributed by atoms with Gasteiger partial charge in [-0.2, -0.15) is 0 Å². The van der Waals surface area contributed by atoms with Crippen molar-refractivity contribution >= 4 is 17.9 Å². The van der Waals surface area contributed by atoms with E-state index in [9.17, 15) is 19.5 Å². The lowest BCUT2D eigenvalue weighted by Gasteiger charge is -2.33. The number of phenols is 1. The zero-order chi connectivity index (χ0) is 23.0. The molecule has 3 N–H and O–H groups in total. The highest BCUT2D eigenvalue weighted by Gasteiger charge is 2.32. The first-order valence-corrected chi connectivity index (χ1v) is 11.0. The Bertz CT molecular complexity index is 751. The molecule has 8 heteroatoms. The van der Waals surface area contributed by atoms with E-state index in [4.69, 9.17) is 4.74 Å². The van der Waals surface area contributed by atoms with Crippen molar-refractivity contribution in [1.29, 1.82) is 0 Å². The molecule has 1 atom stereocenters. The number of phenolic OH excluding ortho intramolecular Hbond substituents is 1. The first-order valence-electron chi connectivity index (χ1n) is 11.0. The Morgan fingerprint density at radius 1 is 1.13 bits per heavy atom. The molecule has 3 amide bonds. The number of hydrogen-bond acceptors (Lipinski definition) is 5. The maximum atomic E-state index is 13.2. The normalized spacial score (nSPS) is 15.6. The second-order valence-electron chi connectivity index (χ2n) is 8.87. The average molecular weight is 434 g/mol. The van der Waals surface area contributed by atoms with E-state index in [2.05, 4.69) is 10.6 Å². The molecule has 1 aromatic rings. The van der Waals surface area contributed by atoms with Crippen molar-refractivity contribution in [3.8, 4) is 5.75 Å². The quantitative estimate of drug-likeness (QED) is 0.612. The van der Waals surface area contributed by atoms with Crippen molar-refractivity contribution in [3.63, 3.8) is 0 Å². The standard InChI is InChI=1S/C23H35N3O5/c1-5-26(19(28)15-24-22(30)31-23(2,3)4)20(16-11-13-18(27)14-12-16)21(29)25-17-9-7-6-8-10-17/h11-14,17,20,27H,5-10,15H2,1-4H3,(H,24,30)(H,25,29). The summed E-state index contributed by atoms with van der Waals surface area (Å²) in [6, 6.07) is 5.49. The summed E-state index contributed by atoms with van der Waals surface area (Å²) in [4.78, 5) is 39.6. The van der Waals surface area contributed by atoms with Crippen LogP contribution in [0.25, 0.3) is 0 Å². The molecule has 1 fully saturated rings. The van der Waals surface area contributed by atoms with Gasteiger partial charge in [-0.1, -0.05) is 31.4 Å². The van der Waals surface area contributed by atoms with Crippen molar-refractivity contribution in [2.75, 3.05) is 13.1 Å². The molecular formula is C23H35N3O5. The molecule has 0 aliphatic heterocycles. The number of nitrogens with zero attached hydrogens (tertiary/aromatic N) is 1. The molecule has 31 heavy (non-hydrogen) atoms.